The van der Waals surface area contributed by atoms with Crippen LogP contribution in [0.2, 0.25) is 0 Å². The quantitative estimate of drug-likeness (QED) is 0.672. The predicted molar refractivity (Wildman–Crippen MR) is 59.0 cm³/mol. The number of hydrogen-bond donors (Lipinski definition) is 3. The molecule has 4 atom stereocenters. The first-order valence-electron chi connectivity index (χ1n) is 5.50. The fourth-order valence-corrected chi connectivity index (χ4v) is 1.68. The second kappa shape index (κ2) is 5.57. The van der Waals surface area contributed by atoms with Crippen LogP contribution >= 0.6 is 0 Å². The van der Waals surface area contributed by atoms with Gasteiger partial charge in [-0.3, -0.25) is 0 Å². The molecule has 17 heavy (non-hydrogen) atoms. The molecule has 0 aliphatic carbocycles. The van der Waals surface area contributed by atoms with Gasteiger partial charge in [-0.05, 0) is 5.56 Å². The minimum Gasteiger partial charge on any atom is -0.388 e. The van der Waals surface area contributed by atoms with Gasteiger partial charge in [0.05, 0.1) is 13.2 Å². The van der Waals surface area contributed by atoms with Crippen molar-refractivity contribution >= 4 is 0 Å². The van der Waals surface area contributed by atoms with Crippen molar-refractivity contribution in [1.29, 1.82) is 0 Å². The third-order valence-electron chi connectivity index (χ3n) is 2.71. The van der Waals surface area contributed by atoms with Gasteiger partial charge < -0.3 is 24.8 Å². The zero-order valence-corrected chi connectivity index (χ0v) is 9.27. The van der Waals surface area contributed by atoms with Crippen LogP contribution in [0.1, 0.15) is 5.56 Å². The van der Waals surface area contributed by atoms with Gasteiger partial charge in [-0.25, -0.2) is 0 Å². The molecule has 1 fully saturated rings. The number of aliphatic hydroxyl groups is 3. The fraction of sp³-hybridized carbons (Fsp3) is 0.500. The highest BCUT2D eigenvalue weighted by atomic mass is 16.7. The Morgan fingerprint density at radius 3 is 2.53 bits per heavy atom. The molecule has 2 rings (SSSR count). The van der Waals surface area contributed by atoms with Gasteiger partial charge >= 0.3 is 0 Å². The summed E-state index contributed by atoms with van der Waals surface area (Å²) in [5.74, 6) is 0. The molecule has 0 bridgehead atoms. The third-order valence-corrected chi connectivity index (χ3v) is 2.71. The Labute approximate surface area is 99.2 Å². The van der Waals surface area contributed by atoms with Gasteiger partial charge in [-0.1, -0.05) is 30.3 Å². The van der Waals surface area contributed by atoms with Gasteiger partial charge in [0.15, 0.2) is 6.29 Å². The standard InChI is InChI=1S/C12H16O5/c13-9-7-17-12(11(15)10(9)14)16-6-8-4-2-1-3-5-8/h1-5,9-15H,6-7H2/t9-,10-,11+,12-/m1/s1. The van der Waals surface area contributed by atoms with Crippen molar-refractivity contribution in [3.63, 3.8) is 0 Å². The molecule has 1 saturated heterocycles. The van der Waals surface area contributed by atoms with Gasteiger partial charge in [-0.15, -0.1) is 0 Å². The molecule has 0 amide bonds. The van der Waals surface area contributed by atoms with Crippen molar-refractivity contribution in [2.24, 2.45) is 0 Å². The molecule has 94 valence electrons. The van der Waals surface area contributed by atoms with Crippen LogP contribution in [0.5, 0.6) is 0 Å². The Bertz CT molecular complexity index is 342. The number of hydrogen-bond acceptors (Lipinski definition) is 5. The molecule has 1 aromatic rings. The highest BCUT2D eigenvalue weighted by Crippen LogP contribution is 2.17. The second-order valence-electron chi connectivity index (χ2n) is 4.05. The third kappa shape index (κ3) is 3.02. The zero-order chi connectivity index (χ0) is 12.3. The maximum absolute atomic E-state index is 9.63. The molecule has 1 aliphatic rings. The summed E-state index contributed by atoms with van der Waals surface area (Å²) in [4.78, 5) is 0. The lowest BCUT2D eigenvalue weighted by molar-refractivity contribution is -0.273. The maximum Gasteiger partial charge on any atom is 0.186 e. The van der Waals surface area contributed by atoms with Gasteiger partial charge in [0.2, 0.25) is 0 Å². The maximum atomic E-state index is 9.63. The van der Waals surface area contributed by atoms with E-state index in [9.17, 15) is 15.3 Å². The molecular formula is C12H16O5. The molecule has 5 nitrogen and oxygen atoms in total. The first-order valence-corrected chi connectivity index (χ1v) is 5.50. The van der Waals surface area contributed by atoms with E-state index in [1.54, 1.807) is 0 Å². The van der Waals surface area contributed by atoms with Crippen LogP contribution in [-0.4, -0.2) is 46.5 Å². The number of rotatable bonds is 3. The molecule has 1 heterocycles. The van der Waals surface area contributed by atoms with Gasteiger partial charge in [-0.2, -0.15) is 0 Å². The molecular weight excluding hydrogens is 224 g/mol. The van der Waals surface area contributed by atoms with E-state index >= 15 is 0 Å². The summed E-state index contributed by atoms with van der Waals surface area (Å²) < 4.78 is 10.5. The van der Waals surface area contributed by atoms with E-state index < -0.39 is 24.6 Å². The van der Waals surface area contributed by atoms with Crippen molar-refractivity contribution in [1.82, 2.24) is 0 Å². The van der Waals surface area contributed by atoms with Gasteiger partial charge in [0.25, 0.3) is 0 Å². The van der Waals surface area contributed by atoms with Crippen molar-refractivity contribution in [3.8, 4) is 0 Å². The Morgan fingerprint density at radius 2 is 1.82 bits per heavy atom. The fourth-order valence-electron chi connectivity index (χ4n) is 1.68. The first-order chi connectivity index (χ1) is 8.18. The smallest absolute Gasteiger partial charge is 0.186 e. The van der Waals surface area contributed by atoms with Crippen LogP contribution in [0.4, 0.5) is 0 Å². The zero-order valence-electron chi connectivity index (χ0n) is 9.27. The molecule has 0 radical (unpaired) electrons. The molecule has 5 heteroatoms. The van der Waals surface area contributed by atoms with E-state index in [0.29, 0.717) is 0 Å². The Kier molecular flexibility index (Phi) is 4.09. The van der Waals surface area contributed by atoms with Crippen molar-refractivity contribution in [2.45, 2.75) is 31.2 Å². The largest absolute Gasteiger partial charge is 0.388 e. The normalized spacial score (nSPS) is 33.6. The van der Waals surface area contributed by atoms with Crippen LogP contribution in [0.15, 0.2) is 30.3 Å². The number of benzene rings is 1. The monoisotopic (exact) mass is 240 g/mol. The van der Waals surface area contributed by atoms with Crippen molar-refractivity contribution in [3.05, 3.63) is 35.9 Å². The van der Waals surface area contributed by atoms with Crippen LogP contribution < -0.4 is 0 Å². The van der Waals surface area contributed by atoms with E-state index in [1.165, 1.54) is 0 Å². The van der Waals surface area contributed by atoms with Crippen LogP contribution in [-0.2, 0) is 16.1 Å². The lowest BCUT2D eigenvalue weighted by Gasteiger charge is -2.34. The molecule has 1 aliphatic heterocycles. The SMILES string of the molecule is O[C@@H]1[C@H](OCc2ccccc2)OC[C@@H](O)[C@H]1O. The molecule has 3 N–H and O–H groups in total. The number of ether oxygens (including phenoxy) is 2. The lowest BCUT2D eigenvalue weighted by atomic mass is 10.1. The summed E-state index contributed by atoms with van der Waals surface area (Å²) >= 11 is 0. The van der Waals surface area contributed by atoms with Crippen LogP contribution in [0.25, 0.3) is 0 Å². The Hall–Kier alpha value is -0.980. The van der Waals surface area contributed by atoms with Crippen molar-refractivity contribution in [2.75, 3.05) is 6.61 Å². The first kappa shape index (κ1) is 12.5. The molecule has 0 spiro atoms. The van der Waals surface area contributed by atoms with E-state index in [4.69, 9.17) is 9.47 Å². The minimum atomic E-state index is -1.23. The van der Waals surface area contributed by atoms with E-state index in [2.05, 4.69) is 0 Å². The van der Waals surface area contributed by atoms with Crippen LogP contribution in [0.3, 0.4) is 0 Å². The van der Waals surface area contributed by atoms with E-state index in [1.807, 2.05) is 30.3 Å². The summed E-state index contributed by atoms with van der Waals surface area (Å²) in [5, 5.41) is 28.3. The summed E-state index contributed by atoms with van der Waals surface area (Å²) in [6, 6.07) is 9.45. The Balaban J connectivity index is 1.87. The molecule has 0 aromatic heterocycles. The van der Waals surface area contributed by atoms with Crippen molar-refractivity contribution < 1.29 is 24.8 Å². The summed E-state index contributed by atoms with van der Waals surface area (Å²) in [5.41, 5.74) is 0.948. The number of aliphatic hydroxyl groups excluding tert-OH is 3. The second-order valence-corrected chi connectivity index (χ2v) is 4.05. The van der Waals surface area contributed by atoms with Gasteiger partial charge in [0.1, 0.15) is 18.3 Å². The van der Waals surface area contributed by atoms with Gasteiger partial charge in [0, 0.05) is 0 Å². The highest BCUT2D eigenvalue weighted by molar-refractivity contribution is 5.13. The van der Waals surface area contributed by atoms with E-state index in [0.717, 1.165) is 5.56 Å². The average Bonchev–Trinajstić information content (AvgIpc) is 2.36. The molecule has 1 aromatic carbocycles. The summed E-state index contributed by atoms with van der Waals surface area (Å²) in [6.45, 7) is 0.239. The van der Waals surface area contributed by atoms with E-state index in [-0.39, 0.29) is 13.2 Å². The highest BCUT2D eigenvalue weighted by Gasteiger charge is 2.38. The average molecular weight is 240 g/mol. The Morgan fingerprint density at radius 1 is 1.12 bits per heavy atom. The molecule has 0 unspecified atom stereocenters. The lowest BCUT2D eigenvalue weighted by Crippen LogP contribution is -2.53. The minimum absolute atomic E-state index is 0.0440. The summed E-state index contributed by atoms with van der Waals surface area (Å²) in [6.07, 6.45) is -4.44. The molecule has 0 saturated carbocycles. The topological polar surface area (TPSA) is 79.2 Å². The van der Waals surface area contributed by atoms with Crippen LogP contribution in [0, 0.1) is 0 Å². The predicted octanol–water partition coefficient (Wildman–Crippen LogP) is -0.358. The summed E-state index contributed by atoms with van der Waals surface area (Å²) in [7, 11) is 0.